The fourth-order valence-electron chi connectivity index (χ4n) is 1.67. The highest BCUT2D eigenvalue weighted by molar-refractivity contribution is 9.10. The first-order valence-corrected chi connectivity index (χ1v) is 4.41. The van der Waals surface area contributed by atoms with Crippen LogP contribution in [0.2, 0.25) is 0 Å². The van der Waals surface area contributed by atoms with E-state index in [9.17, 15) is 5.11 Å². The average Bonchev–Trinajstić information content (AvgIpc) is 1.84. The molecule has 1 aromatic rings. The van der Waals surface area contributed by atoms with E-state index >= 15 is 0 Å². The molecule has 0 heterocycles. The van der Waals surface area contributed by atoms with Crippen molar-refractivity contribution in [1.29, 1.82) is 0 Å². The van der Waals surface area contributed by atoms with Crippen molar-refractivity contribution in [3.05, 3.63) is 33.8 Å². The number of fused-ring (bicyclic) bond motifs is 1. The summed E-state index contributed by atoms with van der Waals surface area (Å²) in [5.41, 5.74) is 1.71. The van der Waals surface area contributed by atoms with Crippen LogP contribution in [0.15, 0.2) is 22.7 Å². The van der Waals surface area contributed by atoms with Crippen molar-refractivity contribution in [2.45, 2.75) is 18.9 Å². The lowest BCUT2D eigenvalue weighted by Crippen LogP contribution is -2.35. The molecule has 0 fully saturated rings. The lowest BCUT2D eigenvalue weighted by atomic mass is 9.75. The van der Waals surface area contributed by atoms with Gasteiger partial charge in [0.15, 0.2) is 0 Å². The highest BCUT2D eigenvalue weighted by Crippen LogP contribution is 2.42. The Balaban J connectivity index is 2.60. The minimum absolute atomic E-state index is 0.602. The van der Waals surface area contributed by atoms with Gasteiger partial charge < -0.3 is 5.11 Å². The Kier molecular flexibility index (Phi) is 1.38. The lowest BCUT2D eigenvalue weighted by Gasteiger charge is -2.37. The van der Waals surface area contributed by atoms with Crippen molar-refractivity contribution in [2.75, 3.05) is 0 Å². The summed E-state index contributed by atoms with van der Waals surface area (Å²) >= 11 is 3.41. The number of rotatable bonds is 0. The van der Waals surface area contributed by atoms with Gasteiger partial charge in [0, 0.05) is 16.5 Å². The predicted octanol–water partition coefficient (Wildman–Crippen LogP) is 2.21. The summed E-state index contributed by atoms with van der Waals surface area (Å²) in [4.78, 5) is 0. The molecule has 0 amide bonds. The fraction of sp³-hybridized carbons (Fsp3) is 0.333. The average molecular weight is 213 g/mol. The van der Waals surface area contributed by atoms with Gasteiger partial charge in [0.2, 0.25) is 0 Å². The third-order valence-corrected chi connectivity index (χ3v) is 2.83. The molecule has 2 rings (SSSR count). The van der Waals surface area contributed by atoms with Gasteiger partial charge in [0.1, 0.15) is 0 Å². The minimum Gasteiger partial charge on any atom is -0.385 e. The van der Waals surface area contributed by atoms with Crippen molar-refractivity contribution in [3.8, 4) is 0 Å². The minimum atomic E-state index is -0.602. The molecule has 1 aromatic carbocycles. The van der Waals surface area contributed by atoms with Gasteiger partial charge in [-0.3, -0.25) is 0 Å². The zero-order valence-electron chi connectivity index (χ0n) is 6.26. The van der Waals surface area contributed by atoms with E-state index in [1.54, 1.807) is 0 Å². The Labute approximate surface area is 74.2 Å². The Morgan fingerprint density at radius 2 is 2.27 bits per heavy atom. The molecule has 0 aromatic heterocycles. The number of halogens is 1. The van der Waals surface area contributed by atoms with Crippen molar-refractivity contribution < 1.29 is 5.11 Å². The summed E-state index contributed by atoms with van der Waals surface area (Å²) in [6.45, 7) is 1.85. The Morgan fingerprint density at radius 1 is 1.55 bits per heavy atom. The Hall–Kier alpha value is -0.340. The largest absolute Gasteiger partial charge is 0.385 e. The molecule has 1 aliphatic carbocycles. The molecule has 1 N–H and O–H groups in total. The zero-order chi connectivity index (χ0) is 8.06. The van der Waals surface area contributed by atoms with E-state index in [1.165, 1.54) is 5.56 Å². The first-order valence-electron chi connectivity index (χ1n) is 3.61. The van der Waals surface area contributed by atoms with Gasteiger partial charge >= 0.3 is 0 Å². The third-order valence-electron chi connectivity index (χ3n) is 2.17. The van der Waals surface area contributed by atoms with Crippen LogP contribution in [0.1, 0.15) is 18.1 Å². The van der Waals surface area contributed by atoms with Gasteiger partial charge in [-0.15, -0.1) is 0 Å². The van der Waals surface area contributed by atoms with Crippen molar-refractivity contribution in [1.82, 2.24) is 0 Å². The SMILES string of the molecule is C[C@@]1(O)Cc2cccc(Br)c21. The van der Waals surface area contributed by atoms with Gasteiger partial charge in [0.05, 0.1) is 5.60 Å². The van der Waals surface area contributed by atoms with E-state index in [0.717, 1.165) is 16.5 Å². The Morgan fingerprint density at radius 3 is 2.73 bits per heavy atom. The molecule has 0 unspecified atom stereocenters. The summed E-state index contributed by atoms with van der Waals surface area (Å²) in [7, 11) is 0. The second-order valence-corrected chi connectivity index (χ2v) is 4.08. The van der Waals surface area contributed by atoms with E-state index in [1.807, 2.05) is 19.1 Å². The summed E-state index contributed by atoms with van der Waals surface area (Å²) in [6, 6.07) is 6.02. The monoisotopic (exact) mass is 212 g/mol. The molecule has 0 saturated heterocycles. The van der Waals surface area contributed by atoms with Crippen LogP contribution in [-0.4, -0.2) is 5.11 Å². The third kappa shape index (κ3) is 0.932. The van der Waals surface area contributed by atoms with Crippen LogP contribution >= 0.6 is 15.9 Å². The molecule has 1 nitrogen and oxygen atoms in total. The molecular formula is C9H9BrO. The topological polar surface area (TPSA) is 20.2 Å². The summed E-state index contributed by atoms with van der Waals surface area (Å²) in [5.74, 6) is 0. The van der Waals surface area contributed by atoms with Crippen molar-refractivity contribution in [2.24, 2.45) is 0 Å². The highest BCUT2D eigenvalue weighted by atomic mass is 79.9. The van der Waals surface area contributed by atoms with Crippen molar-refractivity contribution >= 4 is 15.9 Å². The molecule has 0 saturated carbocycles. The van der Waals surface area contributed by atoms with Crippen LogP contribution in [0.4, 0.5) is 0 Å². The molecule has 1 aliphatic rings. The molecule has 0 spiro atoms. The van der Waals surface area contributed by atoms with E-state index in [2.05, 4.69) is 22.0 Å². The molecule has 0 aliphatic heterocycles. The first-order chi connectivity index (χ1) is 5.11. The maximum Gasteiger partial charge on any atom is 0.0922 e. The van der Waals surface area contributed by atoms with Crippen molar-refractivity contribution in [3.63, 3.8) is 0 Å². The quantitative estimate of drug-likeness (QED) is 0.700. The smallest absolute Gasteiger partial charge is 0.0922 e. The van der Waals surface area contributed by atoms with Gasteiger partial charge in [-0.1, -0.05) is 28.1 Å². The first kappa shape index (κ1) is 7.32. The normalized spacial score (nSPS) is 27.5. The predicted molar refractivity (Wildman–Crippen MR) is 47.4 cm³/mol. The molecule has 0 radical (unpaired) electrons. The fourth-order valence-corrected chi connectivity index (χ4v) is 2.51. The van der Waals surface area contributed by atoms with Crippen LogP contribution in [0.5, 0.6) is 0 Å². The Bertz CT molecular complexity index is 290. The van der Waals surface area contributed by atoms with Crippen LogP contribution in [0.3, 0.4) is 0 Å². The zero-order valence-corrected chi connectivity index (χ0v) is 7.85. The molecule has 1 atom stereocenters. The van der Waals surface area contributed by atoms with Gasteiger partial charge in [0.25, 0.3) is 0 Å². The van der Waals surface area contributed by atoms with Crippen LogP contribution in [-0.2, 0) is 12.0 Å². The van der Waals surface area contributed by atoms with Gasteiger partial charge in [-0.05, 0) is 18.6 Å². The summed E-state index contributed by atoms with van der Waals surface area (Å²) in [5, 5.41) is 9.72. The second kappa shape index (κ2) is 2.08. The number of hydrogen-bond acceptors (Lipinski definition) is 1. The number of hydrogen-bond donors (Lipinski definition) is 1. The summed E-state index contributed by atoms with van der Waals surface area (Å²) in [6.07, 6.45) is 0.780. The van der Waals surface area contributed by atoms with E-state index in [4.69, 9.17) is 0 Å². The maximum absolute atomic E-state index is 9.72. The van der Waals surface area contributed by atoms with Crippen LogP contribution in [0, 0.1) is 0 Å². The van der Waals surface area contributed by atoms with E-state index < -0.39 is 5.60 Å². The van der Waals surface area contributed by atoms with Crippen LogP contribution < -0.4 is 0 Å². The van der Waals surface area contributed by atoms with Crippen LogP contribution in [0.25, 0.3) is 0 Å². The maximum atomic E-state index is 9.72. The van der Waals surface area contributed by atoms with Gasteiger partial charge in [-0.2, -0.15) is 0 Å². The van der Waals surface area contributed by atoms with E-state index in [-0.39, 0.29) is 0 Å². The van der Waals surface area contributed by atoms with Gasteiger partial charge in [-0.25, -0.2) is 0 Å². The van der Waals surface area contributed by atoms with E-state index in [0.29, 0.717) is 0 Å². The number of benzene rings is 1. The molecular weight excluding hydrogens is 204 g/mol. The lowest BCUT2D eigenvalue weighted by molar-refractivity contribution is 0.0320. The standard InChI is InChI=1S/C9H9BrO/c1-9(11)5-6-3-2-4-7(10)8(6)9/h2-4,11H,5H2,1H3/t9-/m1/s1. The number of aliphatic hydroxyl groups is 1. The second-order valence-electron chi connectivity index (χ2n) is 3.22. The molecule has 58 valence electrons. The summed E-state index contributed by atoms with van der Waals surface area (Å²) < 4.78 is 1.02. The molecule has 11 heavy (non-hydrogen) atoms. The molecule has 2 heteroatoms. The highest BCUT2D eigenvalue weighted by Gasteiger charge is 2.37. The molecule has 0 bridgehead atoms.